The normalized spacial score (nSPS) is 29.7. The van der Waals surface area contributed by atoms with E-state index in [4.69, 9.17) is 0 Å². The van der Waals surface area contributed by atoms with Crippen molar-refractivity contribution in [2.45, 2.75) is 38.0 Å². The van der Waals surface area contributed by atoms with Gasteiger partial charge in [-0.2, -0.15) is 13.2 Å². The third-order valence-electron chi connectivity index (χ3n) is 4.64. The van der Waals surface area contributed by atoms with Gasteiger partial charge in [-0.3, -0.25) is 9.59 Å². The number of aliphatic carboxylic acids is 1. The molecule has 3 rings (SSSR count). The molecule has 1 amide bonds. The molecule has 0 aliphatic heterocycles. The van der Waals surface area contributed by atoms with Crippen molar-refractivity contribution in [3.8, 4) is 0 Å². The third kappa shape index (κ3) is 2.89. The number of alkyl halides is 3. The van der Waals surface area contributed by atoms with E-state index >= 15 is 0 Å². The molecule has 0 radical (unpaired) electrons. The predicted octanol–water partition coefficient (Wildman–Crippen LogP) is 0.912. The van der Waals surface area contributed by atoms with Crippen molar-refractivity contribution in [2.24, 2.45) is 17.8 Å². The number of nitrogens with one attached hydrogen (secondary N) is 1. The summed E-state index contributed by atoms with van der Waals surface area (Å²) in [7, 11) is 0. The highest BCUT2D eigenvalue weighted by atomic mass is 19.4. The van der Waals surface area contributed by atoms with Crippen LogP contribution in [0.1, 0.15) is 25.1 Å². The fraction of sp³-hybridized carbons (Fsp3) is 0.692. The Morgan fingerprint density at radius 3 is 2.65 bits per heavy atom. The van der Waals surface area contributed by atoms with Crippen molar-refractivity contribution < 1.29 is 27.9 Å². The number of nitrogens with zero attached hydrogens (tertiary/aromatic N) is 3. The van der Waals surface area contributed by atoms with Crippen LogP contribution in [-0.2, 0) is 22.3 Å². The molecule has 2 saturated carbocycles. The van der Waals surface area contributed by atoms with E-state index in [1.54, 1.807) is 0 Å². The van der Waals surface area contributed by atoms with Crippen molar-refractivity contribution >= 4 is 11.9 Å². The quantitative estimate of drug-likeness (QED) is 0.854. The molecule has 2 aliphatic carbocycles. The van der Waals surface area contributed by atoms with Gasteiger partial charge in [0.25, 0.3) is 5.82 Å². The number of fused-ring (bicyclic) bond motifs is 1. The largest absolute Gasteiger partial charge is 0.481 e. The summed E-state index contributed by atoms with van der Waals surface area (Å²) in [5.74, 6) is -3.22. The molecule has 2 aliphatic rings. The SMILES string of the molecule is O=C(Cn1cnc(C(F)(F)F)n1)N[C@H]1[C@@H]2CCC[C@@H]2[C@@H]1C(=O)O. The smallest absolute Gasteiger partial charge is 0.453 e. The summed E-state index contributed by atoms with van der Waals surface area (Å²) in [5.41, 5.74) is 0. The monoisotopic (exact) mass is 332 g/mol. The minimum absolute atomic E-state index is 0.0843. The van der Waals surface area contributed by atoms with Crippen LogP contribution in [0.25, 0.3) is 0 Å². The minimum Gasteiger partial charge on any atom is -0.481 e. The first kappa shape index (κ1) is 15.8. The molecule has 23 heavy (non-hydrogen) atoms. The topological polar surface area (TPSA) is 97.1 Å². The van der Waals surface area contributed by atoms with Gasteiger partial charge in [0.05, 0.1) is 5.92 Å². The van der Waals surface area contributed by atoms with Crippen LogP contribution in [0.15, 0.2) is 6.33 Å². The van der Waals surface area contributed by atoms with Gasteiger partial charge < -0.3 is 10.4 Å². The Kier molecular flexibility index (Phi) is 3.77. The molecule has 2 N–H and O–H groups in total. The summed E-state index contributed by atoms with van der Waals surface area (Å²) in [5, 5.41) is 15.1. The van der Waals surface area contributed by atoms with Gasteiger partial charge in [-0.1, -0.05) is 6.42 Å². The highest BCUT2D eigenvalue weighted by Crippen LogP contribution is 2.51. The molecule has 10 heteroatoms. The second-order valence-electron chi connectivity index (χ2n) is 5.98. The van der Waals surface area contributed by atoms with Crippen LogP contribution in [0, 0.1) is 17.8 Å². The summed E-state index contributed by atoms with van der Waals surface area (Å²) in [6, 6.07) is -0.460. The summed E-state index contributed by atoms with van der Waals surface area (Å²) in [6.45, 7) is -0.427. The van der Waals surface area contributed by atoms with Gasteiger partial charge in [0.15, 0.2) is 0 Å². The number of hydrogen-bond donors (Lipinski definition) is 2. The molecule has 1 aromatic heterocycles. The van der Waals surface area contributed by atoms with Gasteiger partial charge in [0.1, 0.15) is 12.9 Å². The van der Waals surface area contributed by atoms with E-state index in [1.807, 2.05) is 0 Å². The van der Waals surface area contributed by atoms with Gasteiger partial charge in [-0.15, -0.1) is 5.10 Å². The Balaban J connectivity index is 1.61. The zero-order valence-corrected chi connectivity index (χ0v) is 12.0. The summed E-state index contributed by atoms with van der Waals surface area (Å²) in [4.78, 5) is 26.3. The molecule has 2 fully saturated rings. The number of carbonyl (C=O) groups is 2. The third-order valence-corrected chi connectivity index (χ3v) is 4.64. The summed E-state index contributed by atoms with van der Waals surface area (Å²) in [6.07, 6.45) is -1.20. The number of carboxylic acids is 1. The van der Waals surface area contributed by atoms with Gasteiger partial charge in [-0.25, -0.2) is 9.67 Å². The Morgan fingerprint density at radius 2 is 2.04 bits per heavy atom. The number of rotatable bonds is 4. The maximum absolute atomic E-state index is 12.4. The summed E-state index contributed by atoms with van der Waals surface area (Å²) < 4.78 is 38.0. The lowest BCUT2D eigenvalue weighted by atomic mass is 9.62. The Bertz CT molecular complexity index is 630. The molecule has 7 nitrogen and oxygen atoms in total. The lowest BCUT2D eigenvalue weighted by Gasteiger charge is -2.46. The van der Waals surface area contributed by atoms with E-state index in [0.29, 0.717) is 0 Å². The fourth-order valence-electron chi connectivity index (χ4n) is 3.71. The van der Waals surface area contributed by atoms with Crippen LogP contribution in [0.3, 0.4) is 0 Å². The van der Waals surface area contributed by atoms with Crippen LogP contribution < -0.4 is 5.32 Å². The number of hydrogen-bond acceptors (Lipinski definition) is 4. The molecule has 1 heterocycles. The zero-order chi connectivity index (χ0) is 16.8. The average Bonchev–Trinajstić information content (AvgIpc) is 3.02. The van der Waals surface area contributed by atoms with Gasteiger partial charge in [0, 0.05) is 6.04 Å². The van der Waals surface area contributed by atoms with E-state index in [2.05, 4.69) is 15.4 Å². The van der Waals surface area contributed by atoms with Crippen molar-refractivity contribution in [1.82, 2.24) is 20.1 Å². The Hall–Kier alpha value is -2.13. The molecule has 0 saturated heterocycles. The van der Waals surface area contributed by atoms with Crippen LogP contribution in [0.5, 0.6) is 0 Å². The number of halogens is 3. The molecule has 126 valence electrons. The summed E-state index contributed by atoms with van der Waals surface area (Å²) >= 11 is 0. The van der Waals surface area contributed by atoms with Crippen LogP contribution in [-0.4, -0.2) is 37.8 Å². The molecule has 0 unspecified atom stereocenters. The molecule has 0 spiro atoms. The first-order valence-corrected chi connectivity index (χ1v) is 7.26. The maximum Gasteiger partial charge on any atom is 0.453 e. The average molecular weight is 332 g/mol. The van der Waals surface area contributed by atoms with Crippen LogP contribution in [0.4, 0.5) is 13.2 Å². The first-order valence-electron chi connectivity index (χ1n) is 7.26. The number of amides is 1. The van der Waals surface area contributed by atoms with Crippen molar-refractivity contribution in [3.63, 3.8) is 0 Å². The van der Waals surface area contributed by atoms with Crippen molar-refractivity contribution in [2.75, 3.05) is 0 Å². The molecule has 0 aromatic carbocycles. The van der Waals surface area contributed by atoms with E-state index in [1.165, 1.54) is 0 Å². The van der Waals surface area contributed by atoms with E-state index < -0.39 is 42.4 Å². The Labute approximate surface area is 128 Å². The minimum atomic E-state index is -4.67. The maximum atomic E-state index is 12.4. The van der Waals surface area contributed by atoms with E-state index in [9.17, 15) is 27.9 Å². The second-order valence-corrected chi connectivity index (χ2v) is 5.98. The van der Waals surface area contributed by atoms with E-state index in [0.717, 1.165) is 30.3 Å². The van der Waals surface area contributed by atoms with Crippen LogP contribution in [0.2, 0.25) is 0 Å². The molecule has 4 atom stereocenters. The molecule has 0 bridgehead atoms. The van der Waals surface area contributed by atoms with Crippen LogP contribution >= 0.6 is 0 Å². The van der Waals surface area contributed by atoms with Crippen molar-refractivity contribution in [3.05, 3.63) is 12.2 Å². The molecular formula is C13H15F3N4O3. The number of aromatic nitrogens is 3. The van der Waals surface area contributed by atoms with Gasteiger partial charge in [0.2, 0.25) is 5.91 Å². The highest BCUT2D eigenvalue weighted by Gasteiger charge is 2.56. The Morgan fingerprint density at radius 1 is 1.35 bits per heavy atom. The second kappa shape index (κ2) is 5.50. The fourth-order valence-corrected chi connectivity index (χ4v) is 3.71. The van der Waals surface area contributed by atoms with Gasteiger partial charge >= 0.3 is 12.1 Å². The number of carbonyl (C=O) groups excluding carboxylic acids is 1. The highest BCUT2D eigenvalue weighted by molar-refractivity contribution is 5.79. The lowest BCUT2D eigenvalue weighted by molar-refractivity contribution is -0.154. The standard InChI is InChI=1S/C13H15F3N4O3/c14-13(15,16)12-17-5-20(19-12)4-8(21)18-10-7-3-1-2-6(7)9(10)11(22)23/h5-7,9-10H,1-4H2,(H,18,21)(H,22,23)/t6-,7+,9-,10-/m0/s1. The zero-order valence-electron chi connectivity index (χ0n) is 12.0. The van der Waals surface area contributed by atoms with E-state index in [-0.39, 0.29) is 11.8 Å². The number of carboxylic acid groups (broad SMARTS) is 1. The van der Waals surface area contributed by atoms with Crippen molar-refractivity contribution in [1.29, 1.82) is 0 Å². The molecule has 1 aromatic rings. The lowest BCUT2D eigenvalue weighted by Crippen LogP contribution is -2.61. The first-order chi connectivity index (χ1) is 10.8. The van der Waals surface area contributed by atoms with Gasteiger partial charge in [-0.05, 0) is 24.7 Å². The predicted molar refractivity (Wildman–Crippen MR) is 68.9 cm³/mol. The molecular weight excluding hydrogens is 317 g/mol.